The molecule has 8 heteroatoms. The van der Waals surface area contributed by atoms with Gasteiger partial charge in [0, 0.05) is 12.0 Å². The molecule has 1 aliphatic rings. The number of hydrogen-bond acceptors (Lipinski definition) is 5. The first kappa shape index (κ1) is 21.9. The van der Waals surface area contributed by atoms with Crippen LogP contribution >= 0.6 is 0 Å². The van der Waals surface area contributed by atoms with Crippen molar-refractivity contribution in [2.75, 3.05) is 13.2 Å². The van der Waals surface area contributed by atoms with E-state index >= 15 is 0 Å². The molecule has 0 bridgehead atoms. The average molecular weight is 400 g/mol. The van der Waals surface area contributed by atoms with Gasteiger partial charge in [0.1, 0.15) is 6.61 Å². The minimum Gasteiger partial charge on any atom is -0.461 e. The molecule has 1 aromatic carbocycles. The molecule has 0 aromatic heterocycles. The number of alkyl halides is 3. The smallest absolute Gasteiger partial charge is 0.416 e. The van der Waals surface area contributed by atoms with Gasteiger partial charge in [0.15, 0.2) is 5.60 Å². The summed E-state index contributed by atoms with van der Waals surface area (Å²) in [6.07, 6.45) is -2.90. The molecule has 5 nitrogen and oxygen atoms in total. The summed E-state index contributed by atoms with van der Waals surface area (Å²) in [4.78, 5) is 24.0. The van der Waals surface area contributed by atoms with Crippen LogP contribution in [0.1, 0.15) is 44.7 Å². The zero-order valence-electron chi connectivity index (χ0n) is 15.9. The Morgan fingerprint density at radius 3 is 2.36 bits per heavy atom. The van der Waals surface area contributed by atoms with E-state index in [0.717, 1.165) is 12.1 Å². The predicted octanol–water partition coefficient (Wildman–Crippen LogP) is 3.75. The zero-order valence-corrected chi connectivity index (χ0v) is 15.9. The SMILES string of the molecule is CC(C)(C)CC(=O)OCC1(CO)C/C(=C\c2ccc(C(F)(F)F)cc2)C(=O)O1. The molecule has 1 N–H and O–H groups in total. The van der Waals surface area contributed by atoms with E-state index in [1.54, 1.807) is 0 Å². The largest absolute Gasteiger partial charge is 0.461 e. The van der Waals surface area contributed by atoms with Gasteiger partial charge in [-0.2, -0.15) is 13.2 Å². The summed E-state index contributed by atoms with van der Waals surface area (Å²) in [6, 6.07) is 4.32. The number of aliphatic hydroxyl groups excluding tert-OH is 1. The van der Waals surface area contributed by atoms with Crippen molar-refractivity contribution in [3.8, 4) is 0 Å². The Morgan fingerprint density at radius 2 is 1.86 bits per heavy atom. The number of carbonyl (C=O) groups is 2. The third-order valence-electron chi connectivity index (χ3n) is 4.12. The monoisotopic (exact) mass is 400 g/mol. The van der Waals surface area contributed by atoms with E-state index in [-0.39, 0.29) is 30.4 Å². The van der Waals surface area contributed by atoms with E-state index in [9.17, 15) is 27.9 Å². The molecular formula is C20H23F3O5. The van der Waals surface area contributed by atoms with Crippen molar-refractivity contribution in [2.45, 2.75) is 45.4 Å². The molecular weight excluding hydrogens is 377 g/mol. The Hall–Kier alpha value is -2.35. The first-order valence-corrected chi connectivity index (χ1v) is 8.71. The number of rotatable bonds is 5. The van der Waals surface area contributed by atoms with Gasteiger partial charge in [-0.1, -0.05) is 32.9 Å². The molecule has 0 saturated carbocycles. The summed E-state index contributed by atoms with van der Waals surface area (Å²) in [5.74, 6) is -1.18. The molecule has 1 unspecified atom stereocenters. The number of esters is 2. The normalized spacial score (nSPS) is 21.7. The van der Waals surface area contributed by atoms with Gasteiger partial charge < -0.3 is 14.6 Å². The van der Waals surface area contributed by atoms with Crippen LogP contribution in [0.2, 0.25) is 0 Å². The van der Waals surface area contributed by atoms with E-state index in [1.165, 1.54) is 18.2 Å². The van der Waals surface area contributed by atoms with Crippen molar-refractivity contribution < 1.29 is 37.3 Å². The van der Waals surface area contributed by atoms with Crippen LogP contribution < -0.4 is 0 Å². The van der Waals surface area contributed by atoms with Crippen LogP contribution in [0.25, 0.3) is 6.08 Å². The maximum absolute atomic E-state index is 12.6. The van der Waals surface area contributed by atoms with E-state index in [1.807, 2.05) is 20.8 Å². The first-order chi connectivity index (χ1) is 12.8. The molecule has 1 atom stereocenters. The van der Waals surface area contributed by atoms with Gasteiger partial charge in [0.25, 0.3) is 0 Å². The van der Waals surface area contributed by atoms with Crippen molar-refractivity contribution >= 4 is 18.0 Å². The molecule has 154 valence electrons. The predicted molar refractivity (Wildman–Crippen MR) is 95.0 cm³/mol. The molecule has 1 heterocycles. The van der Waals surface area contributed by atoms with Crippen molar-refractivity contribution in [1.29, 1.82) is 0 Å². The number of benzene rings is 1. The quantitative estimate of drug-likeness (QED) is 0.602. The Bertz CT molecular complexity index is 760. The van der Waals surface area contributed by atoms with Crippen molar-refractivity contribution in [3.05, 3.63) is 41.0 Å². The fourth-order valence-corrected chi connectivity index (χ4v) is 2.71. The first-order valence-electron chi connectivity index (χ1n) is 8.71. The summed E-state index contributed by atoms with van der Waals surface area (Å²) in [7, 11) is 0. The molecule has 0 amide bonds. The van der Waals surface area contributed by atoms with Gasteiger partial charge in [-0.05, 0) is 29.2 Å². The van der Waals surface area contributed by atoms with Gasteiger partial charge >= 0.3 is 18.1 Å². The van der Waals surface area contributed by atoms with Gasteiger partial charge in [0.2, 0.25) is 0 Å². The van der Waals surface area contributed by atoms with Crippen molar-refractivity contribution in [3.63, 3.8) is 0 Å². The minimum atomic E-state index is -4.44. The number of aliphatic hydroxyl groups is 1. The summed E-state index contributed by atoms with van der Waals surface area (Å²) >= 11 is 0. The highest BCUT2D eigenvalue weighted by Crippen LogP contribution is 2.34. The highest BCUT2D eigenvalue weighted by atomic mass is 19.4. The summed E-state index contributed by atoms with van der Waals surface area (Å²) in [5.41, 5.74) is -1.88. The number of carbonyl (C=O) groups excluding carboxylic acids is 2. The Kier molecular flexibility index (Phi) is 6.23. The van der Waals surface area contributed by atoms with Crippen LogP contribution in [0.4, 0.5) is 13.2 Å². The number of halogens is 3. The molecule has 0 spiro atoms. The maximum Gasteiger partial charge on any atom is 0.416 e. The molecule has 0 radical (unpaired) electrons. The Morgan fingerprint density at radius 1 is 1.25 bits per heavy atom. The molecule has 1 aliphatic heterocycles. The van der Waals surface area contributed by atoms with E-state index in [4.69, 9.17) is 9.47 Å². The lowest BCUT2D eigenvalue weighted by Gasteiger charge is -2.25. The lowest BCUT2D eigenvalue weighted by molar-refractivity contribution is -0.167. The van der Waals surface area contributed by atoms with Gasteiger partial charge in [-0.3, -0.25) is 4.79 Å². The second kappa shape index (κ2) is 7.95. The average Bonchev–Trinajstić information content (AvgIpc) is 2.88. The van der Waals surface area contributed by atoms with E-state index < -0.39 is 35.9 Å². The van der Waals surface area contributed by atoms with Gasteiger partial charge in [-0.25, -0.2) is 4.79 Å². The van der Waals surface area contributed by atoms with Crippen LogP contribution in [-0.4, -0.2) is 35.9 Å². The van der Waals surface area contributed by atoms with Crippen LogP contribution in [0, 0.1) is 5.41 Å². The van der Waals surface area contributed by atoms with Crippen LogP contribution in [0.5, 0.6) is 0 Å². The van der Waals surface area contributed by atoms with Crippen LogP contribution in [-0.2, 0) is 25.2 Å². The van der Waals surface area contributed by atoms with E-state index in [0.29, 0.717) is 5.56 Å². The van der Waals surface area contributed by atoms with Gasteiger partial charge in [0.05, 0.1) is 18.6 Å². The van der Waals surface area contributed by atoms with Gasteiger partial charge in [-0.15, -0.1) is 0 Å². The zero-order chi connectivity index (χ0) is 21.2. The highest BCUT2D eigenvalue weighted by molar-refractivity contribution is 5.96. The molecule has 1 aromatic rings. The van der Waals surface area contributed by atoms with Crippen molar-refractivity contribution in [1.82, 2.24) is 0 Å². The summed E-state index contributed by atoms with van der Waals surface area (Å²) in [6.45, 7) is 4.77. The van der Waals surface area contributed by atoms with Crippen molar-refractivity contribution in [2.24, 2.45) is 5.41 Å². The summed E-state index contributed by atoms with van der Waals surface area (Å²) < 4.78 is 48.3. The summed E-state index contributed by atoms with van der Waals surface area (Å²) in [5, 5.41) is 9.67. The number of hydrogen-bond donors (Lipinski definition) is 1. The Balaban J connectivity index is 2.09. The van der Waals surface area contributed by atoms with Crippen LogP contribution in [0.3, 0.4) is 0 Å². The molecule has 1 saturated heterocycles. The second-order valence-electron chi connectivity index (χ2n) is 8.09. The second-order valence-corrected chi connectivity index (χ2v) is 8.09. The third-order valence-corrected chi connectivity index (χ3v) is 4.12. The molecule has 1 fully saturated rings. The molecule has 2 rings (SSSR count). The number of cyclic esters (lactones) is 1. The molecule has 28 heavy (non-hydrogen) atoms. The minimum absolute atomic E-state index is 0.0217. The standard InChI is InChI=1S/C20H23F3O5/c1-18(2,3)10-16(25)27-12-19(11-24)9-14(17(26)28-19)8-13-4-6-15(7-5-13)20(21,22)23/h4-8,24H,9-12H2,1-3H3/b14-8+. The fraction of sp³-hybridized carbons (Fsp3) is 0.500. The Labute approximate surface area is 161 Å². The number of ether oxygens (including phenoxy) is 2. The highest BCUT2D eigenvalue weighted by Gasteiger charge is 2.44. The maximum atomic E-state index is 12.6. The lowest BCUT2D eigenvalue weighted by atomic mass is 9.92. The van der Waals surface area contributed by atoms with Crippen LogP contribution in [0.15, 0.2) is 29.8 Å². The van der Waals surface area contributed by atoms with E-state index in [2.05, 4.69) is 0 Å². The topological polar surface area (TPSA) is 72.8 Å². The lowest BCUT2D eigenvalue weighted by Crippen LogP contribution is -2.39. The fourth-order valence-electron chi connectivity index (χ4n) is 2.71. The third kappa shape index (κ3) is 5.82. The molecule has 0 aliphatic carbocycles.